The molecule has 0 aromatic carbocycles. The Morgan fingerprint density at radius 2 is 1.41 bits per heavy atom. The van der Waals surface area contributed by atoms with E-state index in [1.165, 1.54) is 0 Å². The maximum Gasteiger partial charge on any atom is 0.386 e. The van der Waals surface area contributed by atoms with Gasteiger partial charge in [-0.05, 0) is 13.3 Å². The molecule has 2 nitrogen and oxygen atoms in total. The second-order valence-corrected chi connectivity index (χ2v) is 5.71. The molecule has 0 unspecified atom stereocenters. The van der Waals surface area contributed by atoms with Gasteiger partial charge >= 0.3 is 6.18 Å². The second-order valence-electron chi connectivity index (χ2n) is 3.19. The van der Waals surface area contributed by atoms with Crippen molar-refractivity contribution in [2.75, 3.05) is 6.61 Å². The van der Waals surface area contributed by atoms with E-state index in [4.69, 9.17) is 45.0 Å². The number of aliphatic hydroxyl groups excluding tert-OH is 2. The number of rotatable bonds is 2. The topological polar surface area (TPSA) is 40.5 Å². The number of halogens is 6. The molecule has 0 bridgehead atoms. The lowest BCUT2D eigenvalue weighted by atomic mass is 10.2. The SMILES string of the molecule is CC(F)(F)F.CCC[C@@H](C)O.OCC(Cl)(Cl)Cl. The fourth-order valence-corrected chi connectivity index (χ4v) is 0.418. The molecule has 0 amide bonds. The van der Waals surface area contributed by atoms with Crippen LogP contribution in [0.25, 0.3) is 0 Å². The highest BCUT2D eigenvalue weighted by Gasteiger charge is 2.16. The molecule has 8 heteroatoms. The summed E-state index contributed by atoms with van der Waals surface area (Å²) < 4.78 is 29.6. The fraction of sp³-hybridized carbons (Fsp3) is 1.00. The first kappa shape index (κ1) is 22.7. The fourth-order valence-electron chi connectivity index (χ4n) is 0.418. The van der Waals surface area contributed by atoms with Crippen LogP contribution >= 0.6 is 34.8 Å². The van der Waals surface area contributed by atoms with Crippen molar-refractivity contribution in [2.24, 2.45) is 0 Å². The summed E-state index contributed by atoms with van der Waals surface area (Å²) in [6.07, 6.45) is -2.09. The van der Waals surface area contributed by atoms with Crippen molar-refractivity contribution in [2.45, 2.75) is 49.7 Å². The quantitative estimate of drug-likeness (QED) is 0.752. The van der Waals surface area contributed by atoms with Gasteiger partial charge in [0.1, 0.15) is 0 Å². The van der Waals surface area contributed by atoms with Gasteiger partial charge in [-0.1, -0.05) is 48.1 Å². The Hall–Kier alpha value is 0.580. The molecule has 0 radical (unpaired) electrons. The number of alkyl halides is 6. The third kappa shape index (κ3) is 81.4. The summed E-state index contributed by atoms with van der Waals surface area (Å²) in [4.78, 5) is 0. The average molecular weight is 322 g/mol. The second kappa shape index (κ2) is 11.7. The van der Waals surface area contributed by atoms with Gasteiger partial charge in [-0.2, -0.15) is 13.2 Å². The van der Waals surface area contributed by atoms with Gasteiger partial charge < -0.3 is 10.2 Å². The van der Waals surface area contributed by atoms with E-state index in [1.807, 2.05) is 6.92 Å². The smallest absolute Gasteiger partial charge is 0.386 e. The Balaban J connectivity index is -0.000000174. The van der Waals surface area contributed by atoms with E-state index in [-0.39, 0.29) is 13.0 Å². The van der Waals surface area contributed by atoms with E-state index >= 15 is 0 Å². The van der Waals surface area contributed by atoms with Crippen molar-refractivity contribution in [1.82, 2.24) is 0 Å². The van der Waals surface area contributed by atoms with Crippen molar-refractivity contribution in [3.05, 3.63) is 0 Å². The van der Waals surface area contributed by atoms with Crippen LogP contribution in [0.2, 0.25) is 0 Å². The number of hydrogen-bond acceptors (Lipinski definition) is 2. The third-order valence-corrected chi connectivity index (χ3v) is 1.24. The average Bonchev–Trinajstić information content (AvgIpc) is 2.00. The molecule has 0 aliphatic carbocycles. The number of aliphatic hydroxyl groups is 2. The van der Waals surface area contributed by atoms with Crippen LogP contribution in [0, 0.1) is 0 Å². The molecule has 0 spiro atoms. The Morgan fingerprint density at radius 1 is 1.18 bits per heavy atom. The predicted octanol–water partition coefficient (Wildman–Crippen LogP) is 4.08. The van der Waals surface area contributed by atoms with E-state index in [0.29, 0.717) is 0 Å². The largest absolute Gasteiger partial charge is 0.393 e. The summed E-state index contributed by atoms with van der Waals surface area (Å²) in [6.45, 7) is 3.63. The van der Waals surface area contributed by atoms with Gasteiger partial charge in [-0.15, -0.1) is 0 Å². The first-order chi connectivity index (χ1) is 7.33. The van der Waals surface area contributed by atoms with Crippen LogP contribution in [0.1, 0.15) is 33.6 Å². The van der Waals surface area contributed by atoms with Gasteiger partial charge in [0.2, 0.25) is 3.79 Å². The minimum Gasteiger partial charge on any atom is -0.393 e. The van der Waals surface area contributed by atoms with Crippen LogP contribution in [0.5, 0.6) is 0 Å². The van der Waals surface area contributed by atoms with E-state index in [1.54, 1.807) is 0 Å². The van der Waals surface area contributed by atoms with Gasteiger partial charge in [0, 0.05) is 6.92 Å². The maximum atomic E-state index is 10.4. The van der Waals surface area contributed by atoms with Crippen molar-refractivity contribution in [3.63, 3.8) is 0 Å². The Kier molecular flexibility index (Phi) is 15.6. The summed E-state index contributed by atoms with van der Waals surface area (Å²) >= 11 is 15.0. The van der Waals surface area contributed by atoms with Gasteiger partial charge in [0.25, 0.3) is 0 Å². The van der Waals surface area contributed by atoms with E-state index in [0.717, 1.165) is 12.8 Å². The molecule has 2 N–H and O–H groups in total. The lowest BCUT2D eigenvalue weighted by Gasteiger charge is -2.01. The minimum atomic E-state index is -4.00. The van der Waals surface area contributed by atoms with Crippen LogP contribution < -0.4 is 0 Å². The monoisotopic (exact) mass is 320 g/mol. The molecule has 0 fully saturated rings. The van der Waals surface area contributed by atoms with Crippen LogP contribution in [0.15, 0.2) is 0 Å². The molecule has 108 valence electrons. The van der Waals surface area contributed by atoms with Crippen molar-refractivity contribution in [1.29, 1.82) is 0 Å². The highest BCUT2D eigenvalue weighted by molar-refractivity contribution is 6.67. The van der Waals surface area contributed by atoms with Gasteiger partial charge in [0.15, 0.2) is 0 Å². The van der Waals surface area contributed by atoms with Crippen molar-refractivity contribution < 1.29 is 23.4 Å². The minimum absolute atomic E-state index is 0.102. The van der Waals surface area contributed by atoms with Crippen molar-refractivity contribution in [3.8, 4) is 0 Å². The van der Waals surface area contributed by atoms with E-state index < -0.39 is 16.6 Å². The maximum absolute atomic E-state index is 10.4. The molecule has 0 heterocycles. The molecule has 1 atom stereocenters. The van der Waals surface area contributed by atoms with Gasteiger partial charge in [-0.3, -0.25) is 0 Å². The molecule has 0 saturated heterocycles. The van der Waals surface area contributed by atoms with Gasteiger partial charge in [0.05, 0.1) is 12.7 Å². The van der Waals surface area contributed by atoms with E-state index in [2.05, 4.69) is 6.92 Å². The van der Waals surface area contributed by atoms with Crippen LogP contribution in [0.4, 0.5) is 13.2 Å². The Labute approximate surface area is 115 Å². The molecule has 0 aliphatic heterocycles. The molecule has 0 aliphatic rings. The molecular weight excluding hydrogens is 303 g/mol. The molecular formula is C9H18Cl3F3O2. The zero-order valence-corrected chi connectivity index (χ0v) is 12.1. The summed E-state index contributed by atoms with van der Waals surface area (Å²) in [5.74, 6) is 0. The molecule has 17 heavy (non-hydrogen) atoms. The first-order valence-corrected chi connectivity index (χ1v) is 5.89. The third-order valence-electron chi connectivity index (χ3n) is 0.886. The lowest BCUT2D eigenvalue weighted by molar-refractivity contribution is -0.110. The van der Waals surface area contributed by atoms with Crippen LogP contribution in [-0.4, -0.2) is 32.9 Å². The Morgan fingerprint density at radius 3 is 1.41 bits per heavy atom. The van der Waals surface area contributed by atoms with Crippen LogP contribution in [0.3, 0.4) is 0 Å². The summed E-state index contributed by atoms with van der Waals surface area (Å²) in [7, 11) is 0. The zero-order chi connectivity index (χ0) is 14.7. The highest BCUT2D eigenvalue weighted by atomic mass is 35.6. The standard InChI is InChI=1S/C5H12O.C2H3Cl3O.C2H3F3/c1-3-4-5(2)6;3-2(4,5)1-6;1-2(3,4)5/h5-6H,3-4H2,1-2H3;6H,1H2;1H3/t5-;;/m1../s1. The Bertz CT molecular complexity index is 153. The molecule has 0 aromatic heterocycles. The van der Waals surface area contributed by atoms with Gasteiger partial charge in [-0.25, -0.2) is 0 Å². The zero-order valence-electron chi connectivity index (χ0n) is 9.86. The predicted molar refractivity (Wildman–Crippen MR) is 65.7 cm³/mol. The first-order valence-electron chi connectivity index (χ1n) is 4.75. The normalized spacial score (nSPS) is 12.9. The molecule has 0 aromatic rings. The summed E-state index contributed by atoms with van der Waals surface area (Å²) in [5.41, 5.74) is 0. The lowest BCUT2D eigenvalue weighted by Crippen LogP contribution is -2.06. The van der Waals surface area contributed by atoms with Crippen molar-refractivity contribution >= 4 is 34.8 Å². The highest BCUT2D eigenvalue weighted by Crippen LogP contribution is 2.23. The summed E-state index contributed by atoms with van der Waals surface area (Å²) in [5, 5.41) is 16.6. The molecule has 0 rings (SSSR count). The van der Waals surface area contributed by atoms with E-state index in [9.17, 15) is 13.2 Å². The van der Waals surface area contributed by atoms with Crippen LogP contribution in [-0.2, 0) is 0 Å². The number of hydrogen-bond donors (Lipinski definition) is 2. The summed E-state index contributed by atoms with van der Waals surface area (Å²) in [6, 6.07) is 0. The molecule has 0 saturated carbocycles.